The second-order valence-electron chi connectivity index (χ2n) is 5.72. The summed E-state index contributed by atoms with van der Waals surface area (Å²) in [4.78, 5) is 14.7. The molecule has 2 aromatic rings. The second-order valence-corrected chi connectivity index (χ2v) is 5.72. The summed E-state index contributed by atoms with van der Waals surface area (Å²) < 4.78 is 7.03. The van der Waals surface area contributed by atoms with Gasteiger partial charge in [-0.05, 0) is 36.2 Å². The zero-order valence-corrected chi connectivity index (χ0v) is 13.5. The Morgan fingerprint density at radius 3 is 2.57 bits per heavy atom. The highest BCUT2D eigenvalue weighted by molar-refractivity contribution is 5.44. The Balaban J connectivity index is 1.68. The number of benzene rings is 1. The van der Waals surface area contributed by atoms with Gasteiger partial charge < -0.3 is 10.1 Å². The molecule has 1 aliphatic heterocycles. The van der Waals surface area contributed by atoms with Gasteiger partial charge in [0.15, 0.2) is 0 Å². The van der Waals surface area contributed by atoms with Crippen molar-refractivity contribution in [2.45, 2.75) is 6.42 Å². The van der Waals surface area contributed by atoms with E-state index in [4.69, 9.17) is 4.74 Å². The first-order chi connectivity index (χ1) is 11.3. The highest BCUT2D eigenvalue weighted by Gasteiger charge is 2.10. The van der Waals surface area contributed by atoms with Crippen LogP contribution in [0.5, 0.6) is 0 Å². The molecule has 0 unspecified atom stereocenters. The number of hydrogen-bond donors (Lipinski definition) is 1. The first kappa shape index (κ1) is 15.8. The normalized spacial score (nSPS) is 15.5. The Hall–Kier alpha value is -2.11. The van der Waals surface area contributed by atoms with Crippen LogP contribution in [-0.4, -0.2) is 49.4 Å². The molecule has 1 aromatic heterocycles. The maximum absolute atomic E-state index is 12.3. The van der Waals surface area contributed by atoms with Crippen molar-refractivity contribution in [3.63, 3.8) is 0 Å². The number of nitrogens with zero attached hydrogens (tertiary/aromatic N) is 2. The Labute approximate surface area is 136 Å². The lowest BCUT2D eigenvalue weighted by atomic mass is 10.1. The smallest absolute Gasteiger partial charge is 0.278 e. The van der Waals surface area contributed by atoms with Gasteiger partial charge in [0.2, 0.25) is 0 Å². The van der Waals surface area contributed by atoms with Gasteiger partial charge in [0.1, 0.15) is 5.69 Å². The summed E-state index contributed by atoms with van der Waals surface area (Å²) in [7, 11) is 1.76. The molecule has 1 aliphatic rings. The van der Waals surface area contributed by atoms with Crippen LogP contribution in [-0.2, 0) is 11.2 Å². The van der Waals surface area contributed by atoms with Crippen LogP contribution in [0.3, 0.4) is 0 Å². The number of hydrogen-bond acceptors (Lipinski definition) is 4. The minimum Gasteiger partial charge on any atom is -0.384 e. The summed E-state index contributed by atoms with van der Waals surface area (Å²) in [5.74, 6) is 0. The lowest BCUT2D eigenvalue weighted by Gasteiger charge is -2.26. The number of nitrogens with one attached hydrogen (secondary N) is 1. The molecule has 2 heterocycles. The third-order valence-electron chi connectivity index (χ3n) is 4.25. The van der Waals surface area contributed by atoms with Crippen LogP contribution >= 0.6 is 0 Å². The highest BCUT2D eigenvalue weighted by atomic mass is 16.5. The Morgan fingerprint density at radius 1 is 1.13 bits per heavy atom. The minimum atomic E-state index is -0.0314. The minimum absolute atomic E-state index is 0.0314. The maximum atomic E-state index is 12.3. The SMILES string of the molecule is CNc1cccn(-c2ccc(CCN3CCOCC3)cc2)c1=O. The zero-order valence-electron chi connectivity index (χ0n) is 13.5. The van der Waals surface area contributed by atoms with Gasteiger partial charge in [-0.25, -0.2) is 0 Å². The van der Waals surface area contributed by atoms with Gasteiger partial charge in [0.25, 0.3) is 5.56 Å². The summed E-state index contributed by atoms with van der Waals surface area (Å²) in [6, 6.07) is 11.9. The van der Waals surface area contributed by atoms with E-state index in [0.717, 1.165) is 45.0 Å². The summed E-state index contributed by atoms with van der Waals surface area (Å²) in [5.41, 5.74) is 2.75. The Kier molecular flexibility index (Phi) is 5.10. The van der Waals surface area contributed by atoms with Gasteiger partial charge in [-0.3, -0.25) is 14.3 Å². The molecular weight excluding hydrogens is 290 g/mol. The fraction of sp³-hybridized carbons (Fsp3) is 0.389. The van der Waals surface area contributed by atoms with Gasteiger partial charge in [-0.1, -0.05) is 12.1 Å². The molecule has 1 saturated heterocycles. The van der Waals surface area contributed by atoms with Crippen molar-refractivity contribution in [3.05, 3.63) is 58.5 Å². The molecule has 23 heavy (non-hydrogen) atoms. The Morgan fingerprint density at radius 2 is 1.87 bits per heavy atom. The number of ether oxygens (including phenoxy) is 1. The Bertz CT molecular complexity index is 688. The first-order valence-electron chi connectivity index (χ1n) is 8.07. The number of pyridine rings is 1. The van der Waals surface area contributed by atoms with E-state index >= 15 is 0 Å². The largest absolute Gasteiger partial charge is 0.384 e. The number of morpholine rings is 1. The van der Waals surface area contributed by atoms with Gasteiger partial charge in [-0.2, -0.15) is 0 Å². The fourth-order valence-electron chi connectivity index (χ4n) is 2.82. The second kappa shape index (κ2) is 7.44. The van der Waals surface area contributed by atoms with E-state index in [0.29, 0.717) is 5.69 Å². The van der Waals surface area contributed by atoms with Crippen LogP contribution in [0.1, 0.15) is 5.56 Å². The van der Waals surface area contributed by atoms with Gasteiger partial charge in [0.05, 0.1) is 13.2 Å². The summed E-state index contributed by atoms with van der Waals surface area (Å²) in [6.07, 6.45) is 2.82. The van der Waals surface area contributed by atoms with Crippen LogP contribution in [0.4, 0.5) is 5.69 Å². The van der Waals surface area contributed by atoms with Crippen LogP contribution < -0.4 is 10.9 Å². The van der Waals surface area contributed by atoms with Crippen molar-refractivity contribution in [1.82, 2.24) is 9.47 Å². The molecule has 1 fully saturated rings. The van der Waals surface area contributed by atoms with Crippen LogP contribution in [0.15, 0.2) is 47.4 Å². The molecule has 0 aliphatic carbocycles. The third kappa shape index (κ3) is 3.81. The van der Waals surface area contributed by atoms with Crippen LogP contribution in [0, 0.1) is 0 Å². The quantitative estimate of drug-likeness (QED) is 0.913. The van der Waals surface area contributed by atoms with Crippen molar-refractivity contribution in [3.8, 4) is 5.69 Å². The molecule has 3 rings (SSSR count). The first-order valence-corrected chi connectivity index (χ1v) is 8.07. The van der Waals surface area contributed by atoms with E-state index in [1.54, 1.807) is 23.9 Å². The highest BCUT2D eigenvalue weighted by Crippen LogP contribution is 2.11. The molecule has 0 atom stereocenters. The molecule has 0 spiro atoms. The molecule has 5 nitrogen and oxygen atoms in total. The molecule has 122 valence electrons. The lowest BCUT2D eigenvalue weighted by molar-refractivity contribution is 0.0384. The molecular formula is C18H23N3O2. The van der Waals surface area contributed by atoms with E-state index in [2.05, 4.69) is 22.3 Å². The van der Waals surface area contributed by atoms with Crippen molar-refractivity contribution in [2.75, 3.05) is 45.2 Å². The summed E-state index contributed by atoms with van der Waals surface area (Å²) in [6.45, 7) is 4.76. The molecule has 0 amide bonds. The monoisotopic (exact) mass is 313 g/mol. The number of anilines is 1. The van der Waals surface area contributed by atoms with Crippen molar-refractivity contribution in [2.24, 2.45) is 0 Å². The average molecular weight is 313 g/mol. The van der Waals surface area contributed by atoms with E-state index in [1.807, 2.05) is 18.2 Å². The molecule has 0 radical (unpaired) electrons. The van der Waals surface area contributed by atoms with Gasteiger partial charge in [0, 0.05) is 38.6 Å². The topological polar surface area (TPSA) is 46.5 Å². The van der Waals surface area contributed by atoms with Crippen molar-refractivity contribution in [1.29, 1.82) is 0 Å². The molecule has 0 saturated carbocycles. The van der Waals surface area contributed by atoms with Crippen LogP contribution in [0.25, 0.3) is 5.69 Å². The lowest BCUT2D eigenvalue weighted by Crippen LogP contribution is -2.37. The molecule has 0 bridgehead atoms. The molecule has 5 heteroatoms. The van der Waals surface area contributed by atoms with E-state index in [9.17, 15) is 4.79 Å². The number of aromatic nitrogens is 1. The van der Waals surface area contributed by atoms with Gasteiger partial charge in [-0.15, -0.1) is 0 Å². The zero-order chi connectivity index (χ0) is 16.1. The van der Waals surface area contributed by atoms with Crippen LogP contribution in [0.2, 0.25) is 0 Å². The molecule has 1 aromatic carbocycles. The standard InChI is InChI=1S/C18H23N3O2/c1-19-17-3-2-9-21(18(17)22)16-6-4-15(5-7-16)8-10-20-11-13-23-14-12-20/h2-7,9,19H,8,10-14H2,1H3. The van der Waals surface area contributed by atoms with E-state index < -0.39 is 0 Å². The summed E-state index contributed by atoms with van der Waals surface area (Å²) >= 11 is 0. The predicted molar refractivity (Wildman–Crippen MR) is 92.5 cm³/mol. The van der Waals surface area contributed by atoms with Gasteiger partial charge >= 0.3 is 0 Å². The maximum Gasteiger partial charge on any atom is 0.278 e. The summed E-state index contributed by atoms with van der Waals surface area (Å²) in [5, 5.41) is 2.92. The van der Waals surface area contributed by atoms with E-state index in [-0.39, 0.29) is 5.56 Å². The van der Waals surface area contributed by atoms with E-state index in [1.165, 1.54) is 5.56 Å². The predicted octanol–water partition coefficient (Wildman–Crippen LogP) is 1.75. The third-order valence-corrected chi connectivity index (χ3v) is 4.25. The number of rotatable bonds is 5. The molecule has 1 N–H and O–H groups in total. The van der Waals surface area contributed by atoms with Crippen molar-refractivity contribution >= 4 is 5.69 Å². The van der Waals surface area contributed by atoms with Crippen molar-refractivity contribution < 1.29 is 4.74 Å². The fourth-order valence-corrected chi connectivity index (χ4v) is 2.82. The average Bonchev–Trinajstić information content (AvgIpc) is 2.62.